The molecule has 1 heterocycles. The number of hydrogen-bond donors (Lipinski definition) is 0. The van der Waals surface area contributed by atoms with Gasteiger partial charge in [0.2, 0.25) is 0 Å². The highest BCUT2D eigenvalue weighted by Crippen LogP contribution is 2.13. The van der Waals surface area contributed by atoms with Gasteiger partial charge < -0.3 is 4.90 Å². The van der Waals surface area contributed by atoms with Gasteiger partial charge in [-0.3, -0.25) is 4.79 Å². The number of carbonyl (C=O) groups excluding carboxylic acids is 1. The van der Waals surface area contributed by atoms with Crippen molar-refractivity contribution >= 4 is 28.4 Å². The van der Waals surface area contributed by atoms with Crippen molar-refractivity contribution in [3.05, 3.63) is 42.1 Å². The van der Waals surface area contributed by atoms with Gasteiger partial charge in [0.05, 0.1) is 5.52 Å². The third-order valence-electron chi connectivity index (χ3n) is 2.69. The molecule has 0 aliphatic heterocycles. The third-order valence-corrected chi connectivity index (χ3v) is 2.83. The van der Waals surface area contributed by atoms with E-state index in [-0.39, 0.29) is 11.3 Å². The summed E-state index contributed by atoms with van der Waals surface area (Å²) in [5.74, 6) is -0.103. The molecule has 1 unspecified atom stereocenters. The number of hydrogen-bond acceptors (Lipinski definition) is 2. The van der Waals surface area contributed by atoms with Gasteiger partial charge in [-0.2, -0.15) is 0 Å². The molecule has 0 spiro atoms. The molecule has 18 heavy (non-hydrogen) atoms. The van der Waals surface area contributed by atoms with Gasteiger partial charge in [0.15, 0.2) is 0 Å². The van der Waals surface area contributed by atoms with Crippen LogP contribution in [0, 0.1) is 0 Å². The van der Waals surface area contributed by atoms with E-state index in [1.165, 1.54) is 0 Å². The number of pyridine rings is 1. The number of alkyl halides is 1. The molecule has 1 aromatic heterocycles. The first-order valence-electron chi connectivity index (χ1n) is 5.83. The van der Waals surface area contributed by atoms with E-state index in [4.69, 9.17) is 11.6 Å². The molecule has 0 saturated heterocycles. The fourth-order valence-electron chi connectivity index (χ4n) is 1.84. The van der Waals surface area contributed by atoms with Crippen LogP contribution in [-0.4, -0.2) is 34.8 Å². The van der Waals surface area contributed by atoms with Gasteiger partial charge >= 0.3 is 0 Å². The fraction of sp³-hybridized carbons (Fsp3) is 0.286. The average Bonchev–Trinajstić information content (AvgIpc) is 2.36. The first-order valence-corrected chi connectivity index (χ1v) is 6.27. The van der Waals surface area contributed by atoms with Crippen molar-refractivity contribution in [1.82, 2.24) is 9.88 Å². The predicted molar refractivity (Wildman–Crippen MR) is 74.0 cm³/mol. The second kappa shape index (κ2) is 5.36. The molecule has 2 rings (SSSR count). The number of rotatable bonds is 3. The summed E-state index contributed by atoms with van der Waals surface area (Å²) in [7, 11) is 1.73. The maximum absolute atomic E-state index is 12.1. The predicted octanol–water partition coefficient (Wildman–Crippen LogP) is 2.93. The molecule has 0 bridgehead atoms. The maximum atomic E-state index is 12.1. The lowest BCUT2D eigenvalue weighted by atomic mass is 10.2. The van der Waals surface area contributed by atoms with E-state index in [2.05, 4.69) is 4.98 Å². The number of aromatic nitrogens is 1. The fourth-order valence-corrected chi connectivity index (χ4v) is 2.05. The molecule has 0 aliphatic carbocycles. The molecule has 3 nitrogen and oxygen atoms in total. The van der Waals surface area contributed by atoms with Crippen LogP contribution in [0.25, 0.3) is 10.9 Å². The van der Waals surface area contributed by atoms with E-state index >= 15 is 0 Å². The number of nitrogens with zero attached hydrogens (tertiary/aromatic N) is 2. The van der Waals surface area contributed by atoms with E-state index in [9.17, 15) is 4.79 Å². The Labute approximate surface area is 111 Å². The molecular weight excluding hydrogens is 248 g/mol. The molecule has 1 aromatic carbocycles. The lowest BCUT2D eigenvalue weighted by Crippen LogP contribution is -2.31. The Bertz CT molecular complexity index is 568. The molecule has 0 radical (unpaired) electrons. The molecule has 0 fully saturated rings. The summed E-state index contributed by atoms with van der Waals surface area (Å²) in [5, 5.41) is 0.960. The highest BCUT2D eigenvalue weighted by Gasteiger charge is 2.14. The second-order valence-electron chi connectivity index (χ2n) is 4.36. The molecular formula is C14H15ClN2O. The van der Waals surface area contributed by atoms with E-state index < -0.39 is 0 Å². The van der Waals surface area contributed by atoms with Crippen LogP contribution in [0.2, 0.25) is 0 Å². The molecule has 0 N–H and O–H groups in total. The Kier molecular flexibility index (Phi) is 3.82. The minimum Gasteiger partial charge on any atom is -0.339 e. The summed E-state index contributed by atoms with van der Waals surface area (Å²) in [4.78, 5) is 18.1. The van der Waals surface area contributed by atoms with Crippen molar-refractivity contribution < 1.29 is 4.79 Å². The molecule has 0 aliphatic rings. The quantitative estimate of drug-likeness (QED) is 0.797. The zero-order chi connectivity index (χ0) is 13.1. The van der Waals surface area contributed by atoms with Crippen molar-refractivity contribution in [2.24, 2.45) is 0 Å². The van der Waals surface area contributed by atoms with Crippen LogP contribution in [-0.2, 0) is 0 Å². The maximum Gasteiger partial charge on any atom is 0.272 e. The Morgan fingerprint density at radius 3 is 2.78 bits per heavy atom. The number of carbonyl (C=O) groups is 1. The lowest BCUT2D eigenvalue weighted by Gasteiger charge is -2.18. The summed E-state index contributed by atoms with van der Waals surface area (Å²) < 4.78 is 0. The third kappa shape index (κ3) is 2.79. The number of benzene rings is 1. The van der Waals surface area contributed by atoms with Gasteiger partial charge in [-0.05, 0) is 19.1 Å². The van der Waals surface area contributed by atoms with Crippen LogP contribution >= 0.6 is 11.6 Å². The number of para-hydroxylation sites is 1. The molecule has 94 valence electrons. The highest BCUT2D eigenvalue weighted by atomic mass is 35.5. The summed E-state index contributed by atoms with van der Waals surface area (Å²) in [6.07, 6.45) is 0. The highest BCUT2D eigenvalue weighted by molar-refractivity contribution is 6.20. The molecule has 4 heteroatoms. The first-order chi connectivity index (χ1) is 8.58. The molecule has 1 amide bonds. The van der Waals surface area contributed by atoms with E-state index in [1.807, 2.05) is 37.3 Å². The molecule has 0 saturated carbocycles. The van der Waals surface area contributed by atoms with E-state index in [0.29, 0.717) is 12.2 Å². The monoisotopic (exact) mass is 262 g/mol. The lowest BCUT2D eigenvalue weighted by molar-refractivity contribution is 0.0791. The topological polar surface area (TPSA) is 33.2 Å². The Morgan fingerprint density at radius 2 is 2.06 bits per heavy atom. The Morgan fingerprint density at radius 1 is 1.33 bits per heavy atom. The first kappa shape index (κ1) is 12.8. The summed E-state index contributed by atoms with van der Waals surface area (Å²) in [6, 6.07) is 11.4. The smallest absolute Gasteiger partial charge is 0.272 e. The average molecular weight is 263 g/mol. The van der Waals surface area contributed by atoms with Crippen LogP contribution < -0.4 is 0 Å². The number of fused-ring (bicyclic) bond motifs is 1. The van der Waals surface area contributed by atoms with Crippen LogP contribution in [0.5, 0.6) is 0 Å². The minimum absolute atomic E-state index is 0.0700. The van der Waals surface area contributed by atoms with Gasteiger partial charge in [-0.1, -0.05) is 24.3 Å². The largest absolute Gasteiger partial charge is 0.339 e. The van der Waals surface area contributed by atoms with Crippen molar-refractivity contribution in [3.63, 3.8) is 0 Å². The van der Waals surface area contributed by atoms with Crippen molar-refractivity contribution in [1.29, 1.82) is 0 Å². The van der Waals surface area contributed by atoms with Crippen molar-refractivity contribution in [3.8, 4) is 0 Å². The second-order valence-corrected chi connectivity index (χ2v) is 5.10. The summed E-state index contributed by atoms with van der Waals surface area (Å²) >= 11 is 5.88. The van der Waals surface area contributed by atoms with Crippen molar-refractivity contribution in [2.75, 3.05) is 13.6 Å². The number of amides is 1. The molecule has 1 atom stereocenters. The zero-order valence-corrected chi connectivity index (χ0v) is 11.2. The van der Waals surface area contributed by atoms with Crippen LogP contribution in [0.15, 0.2) is 36.4 Å². The Hall–Kier alpha value is -1.61. The van der Waals surface area contributed by atoms with Gasteiger partial charge in [0, 0.05) is 24.4 Å². The standard InChI is InChI=1S/C14H15ClN2O/c1-10(15)9-17(2)14(18)13-8-7-11-5-3-4-6-12(11)16-13/h3-8,10H,9H2,1-2H3. The minimum atomic E-state index is -0.103. The van der Waals surface area contributed by atoms with E-state index in [0.717, 1.165) is 10.9 Å². The van der Waals surface area contributed by atoms with Crippen LogP contribution in [0.3, 0.4) is 0 Å². The van der Waals surface area contributed by atoms with Gasteiger partial charge in [0.1, 0.15) is 5.69 Å². The SMILES string of the molecule is CC(Cl)CN(C)C(=O)c1ccc2ccccc2n1. The van der Waals surface area contributed by atoms with Gasteiger partial charge in [0.25, 0.3) is 5.91 Å². The number of halogens is 1. The van der Waals surface area contributed by atoms with Crippen LogP contribution in [0.1, 0.15) is 17.4 Å². The normalized spacial score (nSPS) is 12.4. The van der Waals surface area contributed by atoms with E-state index in [1.54, 1.807) is 18.0 Å². The van der Waals surface area contributed by atoms with Gasteiger partial charge in [-0.25, -0.2) is 4.98 Å². The van der Waals surface area contributed by atoms with Crippen molar-refractivity contribution in [2.45, 2.75) is 12.3 Å². The molecule has 2 aromatic rings. The summed E-state index contributed by atoms with van der Waals surface area (Å²) in [5.41, 5.74) is 1.28. The Balaban J connectivity index is 2.28. The van der Waals surface area contributed by atoms with Crippen LogP contribution in [0.4, 0.5) is 0 Å². The zero-order valence-electron chi connectivity index (χ0n) is 10.4. The summed E-state index contributed by atoms with van der Waals surface area (Å²) in [6.45, 7) is 2.37. The van der Waals surface area contributed by atoms with Gasteiger partial charge in [-0.15, -0.1) is 11.6 Å².